The number of carbonyl (C=O) groups is 3. The Bertz CT molecular complexity index is 2470. The predicted molar refractivity (Wildman–Crippen MR) is 245 cm³/mol. The summed E-state index contributed by atoms with van der Waals surface area (Å²) >= 11 is 0. The number of ketones is 1. The molecule has 6 rings (SSSR count). The first-order chi connectivity index (χ1) is 29.3. The lowest BCUT2D eigenvalue weighted by Crippen LogP contribution is -2.38. The van der Waals surface area contributed by atoms with Crippen molar-refractivity contribution in [2.75, 3.05) is 13.7 Å². The summed E-state index contributed by atoms with van der Waals surface area (Å²) < 4.78 is 11.1. The average molecular weight is 833 g/mol. The highest BCUT2D eigenvalue weighted by atomic mass is 16.5. The Hall–Kier alpha value is -5.25. The van der Waals surface area contributed by atoms with Crippen molar-refractivity contribution in [2.45, 2.75) is 126 Å². The molecule has 0 spiro atoms. The quantitative estimate of drug-likeness (QED) is 0.0539. The molecule has 5 N–H and O–H groups in total. The summed E-state index contributed by atoms with van der Waals surface area (Å²) in [5, 5.41) is 17.0. The lowest BCUT2D eigenvalue weighted by Gasteiger charge is -2.25. The molecule has 5 heterocycles. The van der Waals surface area contributed by atoms with Gasteiger partial charge in [-0.15, -0.1) is 0 Å². The van der Waals surface area contributed by atoms with Crippen molar-refractivity contribution in [1.82, 2.24) is 20.3 Å². The van der Waals surface area contributed by atoms with E-state index < -0.39 is 17.9 Å². The summed E-state index contributed by atoms with van der Waals surface area (Å²) in [6, 6.07) is -0.471. The summed E-state index contributed by atoms with van der Waals surface area (Å²) in [6.45, 7) is 21.5. The van der Waals surface area contributed by atoms with E-state index in [4.69, 9.17) is 9.47 Å². The van der Waals surface area contributed by atoms with Crippen LogP contribution in [-0.2, 0) is 25.5 Å². The maximum Gasteiger partial charge on any atom is 0.320 e. The number of aromatic nitrogens is 3. The molecule has 10 heteroatoms. The molecule has 3 aliphatic rings. The molecule has 0 aromatic carbocycles. The minimum Gasteiger partial charge on any atom is -0.515 e. The lowest BCUT2D eigenvalue weighted by atomic mass is 9.80. The average Bonchev–Trinajstić information content (AvgIpc) is 3.99. The first kappa shape index (κ1) is 45.3. The molecule has 10 nitrogen and oxygen atoms in total. The van der Waals surface area contributed by atoms with E-state index in [0.29, 0.717) is 34.5 Å². The largest absolute Gasteiger partial charge is 0.515 e. The molecule has 1 aliphatic carbocycles. The molecule has 0 saturated carbocycles. The van der Waals surface area contributed by atoms with Crippen LogP contribution in [0.2, 0.25) is 0 Å². The van der Waals surface area contributed by atoms with Crippen LogP contribution in [0, 0.1) is 43.4 Å². The van der Waals surface area contributed by atoms with Crippen LogP contribution in [0.3, 0.4) is 0 Å². The summed E-state index contributed by atoms with van der Waals surface area (Å²) in [7, 11) is 1.31. The fourth-order valence-electron chi connectivity index (χ4n) is 9.84. The first-order valence-electron chi connectivity index (χ1n) is 22.5. The Labute approximate surface area is 361 Å². The van der Waals surface area contributed by atoms with Gasteiger partial charge < -0.3 is 34.8 Å². The number of nitrogens with one attached hydrogen (secondary N) is 4. The van der Waals surface area contributed by atoms with Crippen LogP contribution in [0.5, 0.6) is 0 Å². The monoisotopic (exact) mass is 833 g/mol. The van der Waals surface area contributed by atoms with Gasteiger partial charge in [-0.3, -0.25) is 14.4 Å². The third-order valence-corrected chi connectivity index (χ3v) is 13.9. The zero-order valence-electron chi connectivity index (χ0n) is 37.9. The van der Waals surface area contributed by atoms with Crippen LogP contribution in [0.25, 0.3) is 36.1 Å². The van der Waals surface area contributed by atoms with Crippen molar-refractivity contribution in [1.29, 1.82) is 0 Å². The van der Waals surface area contributed by atoms with E-state index in [9.17, 15) is 19.5 Å². The van der Waals surface area contributed by atoms with Crippen molar-refractivity contribution < 1.29 is 29.0 Å². The third kappa shape index (κ3) is 9.33. The summed E-state index contributed by atoms with van der Waals surface area (Å²) in [5.41, 5.74) is 9.31. The number of allylic oxidation sites excluding steroid dienone is 2. The smallest absolute Gasteiger partial charge is 0.320 e. The van der Waals surface area contributed by atoms with E-state index >= 15 is 0 Å². The fourth-order valence-corrected chi connectivity index (χ4v) is 9.84. The van der Waals surface area contributed by atoms with Gasteiger partial charge >= 0.3 is 11.9 Å². The van der Waals surface area contributed by atoms with Crippen LogP contribution < -0.4 is 26.6 Å². The second-order valence-electron chi connectivity index (χ2n) is 17.9. The number of H-pyrrole nitrogens is 3. The number of hydrogen-bond donors (Lipinski definition) is 5. The maximum absolute atomic E-state index is 14.4. The fraction of sp³-hybridized carbons (Fsp3) is 0.510. The van der Waals surface area contributed by atoms with Crippen molar-refractivity contribution >= 4 is 53.9 Å². The summed E-state index contributed by atoms with van der Waals surface area (Å²) in [6.07, 6.45) is 20.8. The van der Waals surface area contributed by atoms with Gasteiger partial charge in [-0.1, -0.05) is 85.0 Å². The van der Waals surface area contributed by atoms with Gasteiger partial charge in [0.25, 0.3) is 0 Å². The van der Waals surface area contributed by atoms with Crippen molar-refractivity contribution in [3.63, 3.8) is 0 Å². The second kappa shape index (κ2) is 19.6. The molecule has 1 unspecified atom stereocenters. The highest BCUT2D eigenvalue weighted by molar-refractivity contribution is 6.19. The summed E-state index contributed by atoms with van der Waals surface area (Å²) in [5.74, 6) is -1.08. The molecule has 2 aliphatic heterocycles. The lowest BCUT2D eigenvalue weighted by molar-refractivity contribution is -0.143. The molecule has 0 radical (unpaired) electrons. The Kier molecular flexibility index (Phi) is 14.6. The van der Waals surface area contributed by atoms with Gasteiger partial charge in [0.15, 0.2) is 5.78 Å². The van der Waals surface area contributed by atoms with E-state index in [0.717, 1.165) is 86.7 Å². The zero-order chi connectivity index (χ0) is 44.1. The number of ether oxygens (including phenoxy) is 2. The third-order valence-electron chi connectivity index (χ3n) is 13.9. The Balaban J connectivity index is 1.32. The SMILES string of the molecule is C=Cc1c2[nH]c(c1C)/C=C1\NC(C3=c4[nH]/c(c(C)c4C(=O)[C@@H]3C(=O)OC)=C\c3[nH]c(/c(=C\O)c3CC)=C\2)[C@@H](CCC(=O)OC/C=C(\C)CCC[C@H](C)CCC[C@H](C)CC)[C@@H]1C. The van der Waals surface area contributed by atoms with Gasteiger partial charge in [0.1, 0.15) is 12.5 Å². The molecular weight excluding hydrogens is 765 g/mol. The number of Topliss-reactive ketones (excluding diaryl/α,β-unsaturated/α-hetero) is 1. The van der Waals surface area contributed by atoms with E-state index in [2.05, 4.69) is 67.5 Å². The normalized spacial score (nSPS) is 22.7. The molecular formula is C51H68N4O6. The van der Waals surface area contributed by atoms with Crippen molar-refractivity contribution in [3.8, 4) is 0 Å². The Morgan fingerprint density at radius 2 is 1.66 bits per heavy atom. The number of aromatic amines is 3. The predicted octanol–water partition coefficient (Wildman–Crippen LogP) is 7.45. The highest BCUT2D eigenvalue weighted by Crippen LogP contribution is 2.42. The van der Waals surface area contributed by atoms with E-state index in [-0.39, 0.29) is 36.6 Å². The van der Waals surface area contributed by atoms with Crippen LogP contribution in [-0.4, -0.2) is 57.5 Å². The van der Waals surface area contributed by atoms with Gasteiger partial charge in [-0.2, -0.15) is 0 Å². The number of aliphatic hydroxyl groups excluding tert-OH is 1. The molecule has 3 aromatic rings. The number of esters is 2. The number of carbonyl (C=O) groups excluding carboxylic acids is 3. The van der Waals surface area contributed by atoms with Gasteiger partial charge in [0.2, 0.25) is 0 Å². The van der Waals surface area contributed by atoms with Gasteiger partial charge in [0.05, 0.1) is 30.1 Å². The molecule has 0 amide bonds. The topological polar surface area (TPSA) is 149 Å². The first-order valence-corrected chi connectivity index (χ1v) is 22.5. The van der Waals surface area contributed by atoms with Crippen LogP contribution in [0.1, 0.15) is 149 Å². The minimum atomic E-state index is -1.14. The molecule has 3 aromatic heterocycles. The number of aliphatic hydroxyl groups is 1. The standard InChI is InChI=1S/C51H68N4O6/c1-11-28(4)16-14-17-29(5)18-15-19-30(6)22-23-61-44(57)21-20-36-32(8)39-24-38-31(7)34(12-2)41(52-38)26-43-37(27-56)35(13-3)42(53-43)25-40-33(9)45-49(55-40)46(48(36)54-39)47(50(45)58)51(59)60-10/h12,22,24-29,32,36,47-48,52-56H,2,11,13-21,23H2,1,3-10H3/b30-22+,37-27-,39-24-,40-25-,43-26-/t28-,29-,32+,36+,47-,48?/m1/s1. The molecule has 6 atom stereocenters. The Morgan fingerprint density at radius 3 is 2.34 bits per heavy atom. The molecule has 1 saturated heterocycles. The molecule has 328 valence electrons. The molecule has 8 bridgehead atoms. The highest BCUT2D eigenvalue weighted by Gasteiger charge is 2.49. The molecule has 1 fully saturated rings. The minimum absolute atomic E-state index is 0.0874. The Morgan fingerprint density at radius 1 is 0.934 bits per heavy atom. The number of methoxy groups -OCH3 is 1. The van der Waals surface area contributed by atoms with Crippen molar-refractivity contribution in [2.24, 2.45) is 29.6 Å². The van der Waals surface area contributed by atoms with Gasteiger partial charge in [0, 0.05) is 56.8 Å². The van der Waals surface area contributed by atoms with Crippen LogP contribution in [0.15, 0.2) is 23.9 Å². The zero-order valence-corrected chi connectivity index (χ0v) is 37.9. The van der Waals surface area contributed by atoms with E-state index in [1.165, 1.54) is 44.8 Å². The number of hydrogen-bond acceptors (Lipinski definition) is 7. The van der Waals surface area contributed by atoms with Gasteiger partial charge in [-0.25, -0.2) is 0 Å². The van der Waals surface area contributed by atoms with E-state index in [1.54, 1.807) is 0 Å². The van der Waals surface area contributed by atoms with Crippen LogP contribution in [0.4, 0.5) is 0 Å². The molecule has 61 heavy (non-hydrogen) atoms. The second-order valence-corrected chi connectivity index (χ2v) is 17.9. The number of fused-ring (bicyclic) bond motifs is 8. The maximum atomic E-state index is 14.4. The number of rotatable bonds is 17. The van der Waals surface area contributed by atoms with E-state index in [1.807, 2.05) is 45.1 Å². The van der Waals surface area contributed by atoms with Crippen LogP contribution >= 0.6 is 0 Å². The van der Waals surface area contributed by atoms with Gasteiger partial charge in [-0.05, 0) is 111 Å². The van der Waals surface area contributed by atoms with Crippen molar-refractivity contribution in [3.05, 3.63) is 90.1 Å². The summed E-state index contributed by atoms with van der Waals surface area (Å²) in [4.78, 5) is 52.1.